The van der Waals surface area contributed by atoms with Crippen molar-refractivity contribution >= 4 is 0 Å². The molecule has 0 bridgehead atoms. The Morgan fingerprint density at radius 2 is 1.68 bits per heavy atom. The number of ether oxygens (including phenoxy) is 1. The van der Waals surface area contributed by atoms with Gasteiger partial charge in [-0.2, -0.15) is 0 Å². The fourth-order valence-electron chi connectivity index (χ4n) is 2.25. The lowest BCUT2D eigenvalue weighted by Gasteiger charge is -2.18. The van der Waals surface area contributed by atoms with Gasteiger partial charge in [0.2, 0.25) is 0 Å². The van der Waals surface area contributed by atoms with Gasteiger partial charge >= 0.3 is 0 Å². The lowest BCUT2D eigenvalue weighted by molar-refractivity contribution is 0.157. The topological polar surface area (TPSA) is 21.3 Å². The molecule has 2 unspecified atom stereocenters. The van der Waals surface area contributed by atoms with E-state index < -0.39 is 0 Å². The highest BCUT2D eigenvalue weighted by Gasteiger charge is 2.07. The second-order valence-electron chi connectivity index (χ2n) is 6.03. The van der Waals surface area contributed by atoms with Gasteiger partial charge in [0.25, 0.3) is 0 Å². The number of hydrogen-bond acceptors (Lipinski definition) is 2. The Balaban J connectivity index is 2.46. The van der Waals surface area contributed by atoms with E-state index in [0.717, 1.165) is 25.5 Å². The van der Waals surface area contributed by atoms with Crippen molar-refractivity contribution in [2.75, 3.05) is 20.3 Å². The van der Waals surface area contributed by atoms with E-state index in [9.17, 15) is 0 Å². The Kier molecular flexibility index (Phi) is 7.11. The molecule has 0 spiro atoms. The summed E-state index contributed by atoms with van der Waals surface area (Å²) in [6.45, 7) is 10.7. The predicted octanol–water partition coefficient (Wildman–Crippen LogP) is 3.82. The van der Waals surface area contributed by atoms with Crippen LogP contribution in [0.2, 0.25) is 0 Å². The molecule has 0 heterocycles. The molecule has 2 heteroatoms. The average Bonchev–Trinajstić information content (AvgIpc) is 2.36. The van der Waals surface area contributed by atoms with Crippen molar-refractivity contribution in [3.8, 4) is 0 Å². The van der Waals surface area contributed by atoms with Gasteiger partial charge in [-0.25, -0.2) is 0 Å². The monoisotopic (exact) mass is 263 g/mol. The zero-order chi connectivity index (χ0) is 14.3. The smallest absolute Gasteiger partial charge is 0.0499 e. The molecule has 2 nitrogen and oxygen atoms in total. The Bertz CT molecular complexity index is 345. The first-order valence-electron chi connectivity index (χ1n) is 7.34. The maximum atomic E-state index is 5.15. The summed E-state index contributed by atoms with van der Waals surface area (Å²) in [4.78, 5) is 0. The van der Waals surface area contributed by atoms with Gasteiger partial charge in [-0.1, -0.05) is 45.0 Å². The Labute approximate surface area is 118 Å². The molecule has 0 aliphatic heterocycles. The summed E-state index contributed by atoms with van der Waals surface area (Å²) in [5, 5.41) is 3.56. The second-order valence-corrected chi connectivity index (χ2v) is 6.03. The van der Waals surface area contributed by atoms with Crippen LogP contribution in [0.25, 0.3) is 0 Å². The number of nitrogens with one attached hydrogen (secondary N) is 1. The van der Waals surface area contributed by atoms with Crippen molar-refractivity contribution < 1.29 is 4.74 Å². The third kappa shape index (κ3) is 6.22. The maximum Gasteiger partial charge on any atom is 0.0499 e. The van der Waals surface area contributed by atoms with E-state index in [-0.39, 0.29) is 0 Å². The number of benzene rings is 1. The van der Waals surface area contributed by atoms with E-state index >= 15 is 0 Å². The average molecular weight is 263 g/mol. The molecule has 0 radical (unpaired) electrons. The number of methoxy groups -OCH3 is 1. The van der Waals surface area contributed by atoms with Gasteiger partial charge in [0.05, 0.1) is 0 Å². The van der Waals surface area contributed by atoms with Gasteiger partial charge in [0, 0.05) is 26.3 Å². The third-order valence-electron chi connectivity index (χ3n) is 3.35. The van der Waals surface area contributed by atoms with Crippen LogP contribution in [0.1, 0.15) is 44.9 Å². The molecular formula is C17H29NO. The molecule has 0 saturated carbocycles. The largest absolute Gasteiger partial charge is 0.384 e. The molecule has 0 aliphatic carbocycles. The van der Waals surface area contributed by atoms with Crippen molar-refractivity contribution in [3.63, 3.8) is 0 Å². The lowest BCUT2D eigenvalue weighted by atomic mass is 10.00. The predicted molar refractivity (Wildman–Crippen MR) is 82.4 cm³/mol. The van der Waals surface area contributed by atoms with Crippen LogP contribution < -0.4 is 5.32 Å². The minimum atomic E-state index is 0.396. The summed E-state index contributed by atoms with van der Waals surface area (Å²) in [6.07, 6.45) is 1.16. The first-order chi connectivity index (χ1) is 9.02. The lowest BCUT2D eigenvalue weighted by Crippen LogP contribution is -2.26. The van der Waals surface area contributed by atoms with Crippen LogP contribution in [-0.4, -0.2) is 20.3 Å². The molecule has 0 amide bonds. The molecule has 1 rings (SSSR count). The van der Waals surface area contributed by atoms with Crippen molar-refractivity contribution in [1.82, 2.24) is 5.32 Å². The summed E-state index contributed by atoms with van der Waals surface area (Å²) >= 11 is 0. The molecule has 1 aromatic carbocycles. The highest BCUT2D eigenvalue weighted by Crippen LogP contribution is 2.15. The first kappa shape index (κ1) is 16.2. The van der Waals surface area contributed by atoms with E-state index in [1.165, 1.54) is 11.1 Å². The van der Waals surface area contributed by atoms with Crippen LogP contribution in [0.5, 0.6) is 0 Å². The minimum absolute atomic E-state index is 0.396. The van der Waals surface area contributed by atoms with Gasteiger partial charge in [0.15, 0.2) is 0 Å². The standard InChI is InChI=1S/C17H29NO/c1-13(2)10-16-6-8-17(9-7-16)15(4)18-11-14(3)12-19-5/h6-9,13-15,18H,10-12H2,1-5H3. The van der Waals surface area contributed by atoms with Crippen LogP contribution in [0.15, 0.2) is 24.3 Å². The highest BCUT2D eigenvalue weighted by molar-refractivity contribution is 5.25. The fourth-order valence-corrected chi connectivity index (χ4v) is 2.25. The Morgan fingerprint density at radius 3 is 2.21 bits per heavy atom. The molecule has 2 atom stereocenters. The summed E-state index contributed by atoms with van der Waals surface area (Å²) in [5.41, 5.74) is 2.79. The van der Waals surface area contributed by atoms with Crippen LogP contribution in [0.3, 0.4) is 0 Å². The van der Waals surface area contributed by atoms with E-state index in [1.54, 1.807) is 7.11 Å². The molecule has 0 saturated heterocycles. The van der Waals surface area contributed by atoms with Crippen molar-refractivity contribution in [2.45, 2.75) is 40.2 Å². The molecule has 1 aromatic rings. The van der Waals surface area contributed by atoms with E-state index in [0.29, 0.717) is 12.0 Å². The van der Waals surface area contributed by atoms with Crippen LogP contribution in [0.4, 0.5) is 0 Å². The van der Waals surface area contributed by atoms with Crippen LogP contribution >= 0.6 is 0 Å². The zero-order valence-corrected chi connectivity index (χ0v) is 13.1. The van der Waals surface area contributed by atoms with Crippen LogP contribution in [-0.2, 0) is 11.2 Å². The summed E-state index contributed by atoms with van der Waals surface area (Å²) in [7, 11) is 1.76. The normalized spacial score (nSPS) is 14.6. The van der Waals surface area contributed by atoms with Gasteiger partial charge in [-0.15, -0.1) is 0 Å². The molecule has 1 N–H and O–H groups in total. The van der Waals surface area contributed by atoms with Crippen molar-refractivity contribution in [1.29, 1.82) is 0 Å². The fraction of sp³-hybridized carbons (Fsp3) is 0.647. The number of hydrogen-bond donors (Lipinski definition) is 1. The Hall–Kier alpha value is -0.860. The molecule has 108 valence electrons. The van der Waals surface area contributed by atoms with E-state index in [4.69, 9.17) is 4.74 Å². The molecule has 0 aromatic heterocycles. The van der Waals surface area contributed by atoms with E-state index in [2.05, 4.69) is 57.3 Å². The SMILES string of the molecule is COCC(C)CNC(C)c1ccc(CC(C)C)cc1. The Morgan fingerprint density at radius 1 is 1.05 bits per heavy atom. The maximum absolute atomic E-state index is 5.15. The van der Waals surface area contributed by atoms with Crippen LogP contribution in [0, 0.1) is 11.8 Å². The van der Waals surface area contributed by atoms with Gasteiger partial charge in [0.1, 0.15) is 0 Å². The second kappa shape index (κ2) is 8.34. The highest BCUT2D eigenvalue weighted by atomic mass is 16.5. The first-order valence-corrected chi connectivity index (χ1v) is 7.34. The van der Waals surface area contributed by atoms with Gasteiger partial charge < -0.3 is 10.1 Å². The van der Waals surface area contributed by atoms with Gasteiger partial charge in [-0.05, 0) is 36.3 Å². The summed E-state index contributed by atoms with van der Waals surface area (Å²) in [6, 6.07) is 9.40. The molecule has 0 aliphatic rings. The van der Waals surface area contributed by atoms with Gasteiger partial charge in [-0.3, -0.25) is 0 Å². The third-order valence-corrected chi connectivity index (χ3v) is 3.35. The molecular weight excluding hydrogens is 234 g/mol. The molecule has 19 heavy (non-hydrogen) atoms. The zero-order valence-electron chi connectivity index (χ0n) is 13.1. The minimum Gasteiger partial charge on any atom is -0.384 e. The summed E-state index contributed by atoms with van der Waals surface area (Å²) < 4.78 is 5.15. The van der Waals surface area contributed by atoms with Crippen molar-refractivity contribution in [2.24, 2.45) is 11.8 Å². The van der Waals surface area contributed by atoms with E-state index in [1.807, 2.05) is 0 Å². The van der Waals surface area contributed by atoms with Crippen molar-refractivity contribution in [3.05, 3.63) is 35.4 Å². The number of rotatable bonds is 8. The summed E-state index contributed by atoms with van der Waals surface area (Å²) in [5.74, 6) is 1.27. The quantitative estimate of drug-likeness (QED) is 0.770. The molecule has 0 fully saturated rings.